The quantitative estimate of drug-likeness (QED) is 0.835. The second kappa shape index (κ2) is 6.50. The highest BCUT2D eigenvalue weighted by atomic mass is 16.3. The lowest BCUT2D eigenvalue weighted by molar-refractivity contribution is 0.0604. The van der Waals surface area contributed by atoms with Crippen LogP contribution >= 0.6 is 0 Å². The van der Waals surface area contributed by atoms with Gasteiger partial charge in [-0.25, -0.2) is 0 Å². The van der Waals surface area contributed by atoms with Gasteiger partial charge in [0.1, 0.15) is 0 Å². The topological polar surface area (TPSA) is 44.5 Å². The molecule has 1 aromatic rings. The van der Waals surface area contributed by atoms with Gasteiger partial charge in [-0.2, -0.15) is 5.10 Å². The molecule has 1 saturated heterocycles. The van der Waals surface area contributed by atoms with E-state index in [0.717, 1.165) is 38.9 Å². The van der Waals surface area contributed by atoms with E-state index in [0.29, 0.717) is 6.04 Å². The highest BCUT2D eigenvalue weighted by Gasteiger charge is 2.24. The predicted octanol–water partition coefficient (Wildman–Crippen LogP) is 0.349. The summed E-state index contributed by atoms with van der Waals surface area (Å²) in [5.41, 5.74) is 1.19. The van der Waals surface area contributed by atoms with Crippen molar-refractivity contribution in [2.45, 2.75) is 31.4 Å². The van der Waals surface area contributed by atoms with Gasteiger partial charge in [0.25, 0.3) is 0 Å². The van der Waals surface area contributed by atoms with Crippen molar-refractivity contribution in [1.82, 2.24) is 19.6 Å². The molecule has 1 aromatic heterocycles. The largest absolute Gasteiger partial charge is 0.393 e. The maximum atomic E-state index is 10.2. The minimum Gasteiger partial charge on any atom is -0.393 e. The smallest absolute Gasteiger partial charge is 0.0559 e. The predicted molar refractivity (Wildman–Crippen MR) is 76.1 cm³/mol. The zero-order chi connectivity index (χ0) is 13.8. The molecule has 0 bridgehead atoms. The van der Waals surface area contributed by atoms with Crippen LogP contribution in [0.15, 0.2) is 12.3 Å². The van der Waals surface area contributed by atoms with Crippen molar-refractivity contribution in [3.8, 4) is 0 Å². The SMILES string of the molecule is CN1CCN(C)C(CC(O)CCc2ccnn2C)C1. The van der Waals surface area contributed by atoms with Crippen LogP contribution in [-0.4, -0.2) is 70.6 Å². The van der Waals surface area contributed by atoms with Gasteiger partial charge < -0.3 is 14.9 Å². The fraction of sp³-hybridized carbons (Fsp3) is 0.786. The molecule has 0 saturated carbocycles. The maximum Gasteiger partial charge on any atom is 0.0559 e. The number of rotatable bonds is 5. The molecule has 2 unspecified atom stereocenters. The second-order valence-corrected chi connectivity index (χ2v) is 5.77. The molecule has 5 nitrogen and oxygen atoms in total. The van der Waals surface area contributed by atoms with E-state index in [1.165, 1.54) is 5.69 Å². The molecule has 2 heterocycles. The molecule has 0 radical (unpaired) electrons. The summed E-state index contributed by atoms with van der Waals surface area (Å²) < 4.78 is 1.88. The van der Waals surface area contributed by atoms with Gasteiger partial charge in [-0.15, -0.1) is 0 Å². The van der Waals surface area contributed by atoms with Crippen LogP contribution in [0.3, 0.4) is 0 Å². The van der Waals surface area contributed by atoms with Crippen LogP contribution in [0.25, 0.3) is 0 Å². The van der Waals surface area contributed by atoms with Crippen molar-refractivity contribution in [3.05, 3.63) is 18.0 Å². The first kappa shape index (κ1) is 14.5. The molecule has 0 amide bonds. The van der Waals surface area contributed by atoms with Crippen molar-refractivity contribution in [1.29, 1.82) is 0 Å². The number of aliphatic hydroxyl groups excluding tert-OH is 1. The number of hydrogen-bond donors (Lipinski definition) is 1. The number of nitrogens with zero attached hydrogens (tertiary/aromatic N) is 4. The van der Waals surface area contributed by atoms with E-state index in [4.69, 9.17) is 0 Å². The second-order valence-electron chi connectivity index (χ2n) is 5.77. The van der Waals surface area contributed by atoms with Gasteiger partial charge in [0.05, 0.1) is 6.10 Å². The van der Waals surface area contributed by atoms with Gasteiger partial charge in [-0.05, 0) is 39.4 Å². The molecule has 0 aromatic carbocycles. The van der Waals surface area contributed by atoms with E-state index in [1.54, 1.807) is 0 Å². The first-order chi connectivity index (χ1) is 9.06. The molecular formula is C14H26N4O. The first-order valence-electron chi connectivity index (χ1n) is 7.10. The number of likely N-dealkylation sites (N-methyl/N-ethyl adjacent to an activating group) is 2. The third-order valence-corrected chi connectivity index (χ3v) is 4.18. The van der Waals surface area contributed by atoms with E-state index < -0.39 is 0 Å². The van der Waals surface area contributed by atoms with E-state index in [1.807, 2.05) is 24.0 Å². The van der Waals surface area contributed by atoms with Gasteiger partial charge in [0.2, 0.25) is 0 Å². The molecule has 108 valence electrons. The standard InChI is InChI=1S/C14H26N4O/c1-16-8-9-17(2)13(11-16)10-14(19)5-4-12-6-7-15-18(12)3/h6-7,13-14,19H,4-5,8-11H2,1-3H3. The van der Waals surface area contributed by atoms with E-state index >= 15 is 0 Å². The number of aliphatic hydroxyl groups is 1. The van der Waals surface area contributed by atoms with Crippen LogP contribution < -0.4 is 0 Å². The maximum absolute atomic E-state index is 10.2. The Morgan fingerprint density at radius 1 is 1.37 bits per heavy atom. The van der Waals surface area contributed by atoms with Gasteiger partial charge in [-0.3, -0.25) is 4.68 Å². The van der Waals surface area contributed by atoms with Crippen LogP contribution in [-0.2, 0) is 13.5 Å². The lowest BCUT2D eigenvalue weighted by atomic mass is 10.0. The zero-order valence-corrected chi connectivity index (χ0v) is 12.3. The fourth-order valence-corrected chi connectivity index (χ4v) is 2.75. The summed E-state index contributed by atoms with van der Waals surface area (Å²) in [5.74, 6) is 0. The minimum atomic E-state index is -0.228. The average Bonchev–Trinajstić information content (AvgIpc) is 2.77. The number of aryl methyl sites for hydroxylation is 2. The van der Waals surface area contributed by atoms with Gasteiger partial charge in [0, 0.05) is 44.6 Å². The summed E-state index contributed by atoms with van der Waals surface area (Å²) in [5, 5.41) is 14.4. The Kier molecular flexibility index (Phi) is 4.96. The summed E-state index contributed by atoms with van der Waals surface area (Å²) in [6, 6.07) is 2.49. The molecule has 1 aliphatic rings. The van der Waals surface area contributed by atoms with Crippen molar-refractivity contribution < 1.29 is 5.11 Å². The Balaban J connectivity index is 1.77. The molecule has 5 heteroatoms. The highest BCUT2D eigenvalue weighted by molar-refractivity contribution is 5.00. The first-order valence-corrected chi connectivity index (χ1v) is 7.10. The van der Waals surface area contributed by atoms with E-state index in [2.05, 4.69) is 29.0 Å². The van der Waals surface area contributed by atoms with E-state index in [9.17, 15) is 5.11 Å². The van der Waals surface area contributed by atoms with Gasteiger partial charge in [0.15, 0.2) is 0 Å². The summed E-state index contributed by atoms with van der Waals surface area (Å²) >= 11 is 0. The van der Waals surface area contributed by atoms with Gasteiger partial charge >= 0.3 is 0 Å². The third kappa shape index (κ3) is 4.03. The molecule has 2 atom stereocenters. The van der Waals surface area contributed by atoms with Crippen LogP contribution in [0.2, 0.25) is 0 Å². The number of piperazine rings is 1. The molecule has 0 aliphatic carbocycles. The third-order valence-electron chi connectivity index (χ3n) is 4.18. The van der Waals surface area contributed by atoms with Crippen LogP contribution in [0.4, 0.5) is 0 Å². The molecule has 0 spiro atoms. The molecule has 1 fully saturated rings. The summed E-state index contributed by atoms with van der Waals surface area (Å²) in [6.45, 7) is 3.27. The van der Waals surface area contributed by atoms with Crippen LogP contribution in [0.5, 0.6) is 0 Å². The molecule has 1 N–H and O–H groups in total. The van der Waals surface area contributed by atoms with Crippen LogP contribution in [0, 0.1) is 0 Å². The average molecular weight is 266 g/mol. The Hall–Kier alpha value is -0.910. The monoisotopic (exact) mass is 266 g/mol. The fourth-order valence-electron chi connectivity index (χ4n) is 2.75. The molecule has 19 heavy (non-hydrogen) atoms. The number of aromatic nitrogens is 2. The summed E-state index contributed by atoms with van der Waals surface area (Å²) in [6.07, 6.45) is 4.15. The Labute approximate surface area is 115 Å². The lowest BCUT2D eigenvalue weighted by Gasteiger charge is -2.38. The highest BCUT2D eigenvalue weighted by Crippen LogP contribution is 2.15. The van der Waals surface area contributed by atoms with Crippen molar-refractivity contribution in [2.24, 2.45) is 7.05 Å². The van der Waals surface area contributed by atoms with Crippen molar-refractivity contribution in [3.63, 3.8) is 0 Å². The molecule has 1 aliphatic heterocycles. The Morgan fingerprint density at radius 2 is 2.16 bits per heavy atom. The molecular weight excluding hydrogens is 240 g/mol. The van der Waals surface area contributed by atoms with Crippen molar-refractivity contribution >= 4 is 0 Å². The zero-order valence-electron chi connectivity index (χ0n) is 12.3. The number of hydrogen-bond acceptors (Lipinski definition) is 4. The van der Waals surface area contributed by atoms with Gasteiger partial charge in [-0.1, -0.05) is 0 Å². The molecule has 2 rings (SSSR count). The van der Waals surface area contributed by atoms with Crippen molar-refractivity contribution in [2.75, 3.05) is 33.7 Å². The summed E-state index contributed by atoms with van der Waals surface area (Å²) in [7, 11) is 6.26. The minimum absolute atomic E-state index is 0.228. The Morgan fingerprint density at radius 3 is 2.84 bits per heavy atom. The van der Waals surface area contributed by atoms with E-state index in [-0.39, 0.29) is 6.10 Å². The summed E-state index contributed by atoms with van der Waals surface area (Å²) in [4.78, 5) is 4.71. The lowest BCUT2D eigenvalue weighted by Crippen LogP contribution is -2.51. The Bertz CT molecular complexity index is 393. The normalized spacial score (nSPS) is 23.7. The van der Waals surface area contributed by atoms with Crippen LogP contribution in [0.1, 0.15) is 18.5 Å².